The first-order chi connectivity index (χ1) is 13.4. The van der Waals surface area contributed by atoms with Crippen molar-refractivity contribution < 1.29 is 24.3 Å². The number of nitrogens with two attached hydrogens (primary N) is 2. The second-order valence-electron chi connectivity index (χ2n) is 6.16. The van der Waals surface area contributed by atoms with Gasteiger partial charge in [0.2, 0.25) is 17.7 Å². The van der Waals surface area contributed by atoms with Crippen molar-refractivity contribution in [2.45, 2.75) is 31.3 Å². The molecule has 8 N–H and O–H groups in total. The van der Waals surface area contributed by atoms with Gasteiger partial charge in [-0.3, -0.25) is 14.4 Å². The van der Waals surface area contributed by atoms with Gasteiger partial charge in [-0.1, -0.05) is 12.1 Å². The van der Waals surface area contributed by atoms with E-state index in [-0.39, 0.29) is 25.3 Å². The Balaban J connectivity index is 2.48. The fourth-order valence-electron chi connectivity index (χ4n) is 2.38. The van der Waals surface area contributed by atoms with Crippen molar-refractivity contribution in [3.05, 3.63) is 29.8 Å². The number of hydrogen-bond donors (Lipinski definition) is 6. The molecule has 0 aromatic heterocycles. The summed E-state index contributed by atoms with van der Waals surface area (Å²) in [5.41, 5.74) is 12.0. The lowest BCUT2D eigenvalue weighted by Crippen LogP contribution is -2.51. The highest BCUT2D eigenvalue weighted by Gasteiger charge is 2.21. The molecule has 0 fully saturated rings. The quantitative estimate of drug-likeness (QED) is 0.221. The van der Waals surface area contributed by atoms with Crippen molar-refractivity contribution in [1.82, 2.24) is 16.0 Å². The number of carbonyl (C=O) groups excluding carboxylic acids is 4. The third-order valence-electron chi connectivity index (χ3n) is 3.86. The van der Waals surface area contributed by atoms with Crippen LogP contribution in [-0.4, -0.2) is 60.8 Å². The van der Waals surface area contributed by atoms with Crippen molar-refractivity contribution in [1.29, 1.82) is 0 Å². The predicted octanol–water partition coefficient (Wildman–Crippen LogP) is -2.08. The van der Waals surface area contributed by atoms with Gasteiger partial charge >= 0.3 is 0 Å². The van der Waals surface area contributed by atoms with E-state index in [2.05, 4.69) is 16.0 Å². The molecule has 2 atom stereocenters. The fraction of sp³-hybridized carbons (Fsp3) is 0.444. The minimum absolute atomic E-state index is 0.111. The second-order valence-corrected chi connectivity index (χ2v) is 6.16. The molecular weight excluding hydrogens is 366 g/mol. The summed E-state index contributed by atoms with van der Waals surface area (Å²) in [6.07, 6.45) is 1.58. The zero-order valence-electron chi connectivity index (χ0n) is 15.5. The molecule has 10 heteroatoms. The normalized spacial score (nSPS) is 12.5. The molecule has 0 bridgehead atoms. The zero-order chi connectivity index (χ0) is 20.9. The maximum Gasteiger partial charge on any atom is 0.242 e. The third kappa shape index (κ3) is 8.60. The molecule has 3 amide bonds. The average molecular weight is 393 g/mol. The van der Waals surface area contributed by atoms with Crippen molar-refractivity contribution in [2.24, 2.45) is 11.5 Å². The summed E-state index contributed by atoms with van der Waals surface area (Å²) in [6.45, 7) is -0.158. The topological polar surface area (TPSA) is 177 Å². The molecule has 0 unspecified atom stereocenters. The van der Waals surface area contributed by atoms with Gasteiger partial charge in [-0.05, 0) is 43.5 Å². The molecule has 0 spiro atoms. The first-order valence-corrected chi connectivity index (χ1v) is 8.89. The Labute approximate surface area is 163 Å². The monoisotopic (exact) mass is 393 g/mol. The van der Waals surface area contributed by atoms with Gasteiger partial charge in [0.1, 0.15) is 18.1 Å². The van der Waals surface area contributed by atoms with E-state index in [0.717, 1.165) is 5.56 Å². The fourth-order valence-corrected chi connectivity index (χ4v) is 2.38. The maximum absolute atomic E-state index is 12.1. The first-order valence-electron chi connectivity index (χ1n) is 8.89. The largest absolute Gasteiger partial charge is 0.508 e. The van der Waals surface area contributed by atoms with Crippen LogP contribution in [0.15, 0.2) is 24.3 Å². The number of aldehydes is 1. The highest BCUT2D eigenvalue weighted by molar-refractivity contribution is 5.91. The highest BCUT2D eigenvalue weighted by Crippen LogP contribution is 2.10. The van der Waals surface area contributed by atoms with E-state index in [9.17, 15) is 24.3 Å². The van der Waals surface area contributed by atoms with Crippen molar-refractivity contribution in [3.8, 4) is 5.75 Å². The standard InChI is InChI=1S/C18H27N5O5/c19-7-1-2-15(18(28)21-8-9-24)23-16(26)11-22-17(27)14(20)10-12-3-5-13(25)6-4-12/h3-6,9,14-15,25H,1-2,7-8,10-11,19-20H2,(H,21,28)(H,22,27)(H,23,26)/t14-,15-/m0/s1. The molecule has 154 valence electrons. The number of benzene rings is 1. The molecule has 0 aliphatic rings. The lowest BCUT2D eigenvalue weighted by atomic mass is 10.1. The van der Waals surface area contributed by atoms with Crippen LogP contribution in [0.2, 0.25) is 0 Å². The predicted molar refractivity (Wildman–Crippen MR) is 102 cm³/mol. The molecular formula is C18H27N5O5. The molecule has 1 aromatic carbocycles. The van der Waals surface area contributed by atoms with Gasteiger partial charge in [0.05, 0.1) is 19.1 Å². The van der Waals surface area contributed by atoms with Crippen LogP contribution in [0.4, 0.5) is 0 Å². The molecule has 0 saturated heterocycles. The van der Waals surface area contributed by atoms with Crippen molar-refractivity contribution in [3.63, 3.8) is 0 Å². The third-order valence-corrected chi connectivity index (χ3v) is 3.86. The molecule has 0 heterocycles. The van der Waals surface area contributed by atoms with Crippen LogP contribution in [0.3, 0.4) is 0 Å². The number of nitrogens with one attached hydrogen (secondary N) is 3. The van der Waals surface area contributed by atoms with Crippen LogP contribution in [0.5, 0.6) is 5.75 Å². The van der Waals surface area contributed by atoms with Gasteiger partial charge in [0.15, 0.2) is 0 Å². The summed E-state index contributed by atoms with van der Waals surface area (Å²) in [7, 11) is 0. The van der Waals surface area contributed by atoms with Crippen molar-refractivity contribution in [2.75, 3.05) is 19.6 Å². The molecule has 0 aliphatic carbocycles. The Kier molecular flexibility index (Phi) is 10.2. The highest BCUT2D eigenvalue weighted by atomic mass is 16.3. The van der Waals surface area contributed by atoms with E-state index in [1.54, 1.807) is 12.1 Å². The number of phenolic OH excluding ortho intramolecular Hbond substituents is 1. The number of phenols is 1. The van der Waals surface area contributed by atoms with E-state index >= 15 is 0 Å². The molecule has 0 radical (unpaired) electrons. The smallest absolute Gasteiger partial charge is 0.242 e. The van der Waals surface area contributed by atoms with E-state index in [0.29, 0.717) is 25.7 Å². The lowest BCUT2D eigenvalue weighted by molar-refractivity contribution is -0.130. The molecule has 0 saturated carbocycles. The van der Waals surface area contributed by atoms with E-state index < -0.39 is 29.8 Å². The average Bonchev–Trinajstić information content (AvgIpc) is 2.68. The maximum atomic E-state index is 12.1. The summed E-state index contributed by atoms with van der Waals surface area (Å²) < 4.78 is 0. The first kappa shape index (κ1) is 23.1. The van der Waals surface area contributed by atoms with Gasteiger partial charge in [-0.25, -0.2) is 0 Å². The number of hydrogen-bond acceptors (Lipinski definition) is 7. The molecule has 10 nitrogen and oxygen atoms in total. The van der Waals surface area contributed by atoms with Crippen molar-refractivity contribution >= 4 is 24.0 Å². The van der Waals surface area contributed by atoms with Crippen LogP contribution in [0.25, 0.3) is 0 Å². The van der Waals surface area contributed by atoms with Gasteiger partial charge in [0, 0.05) is 0 Å². The Morgan fingerprint density at radius 1 is 1.11 bits per heavy atom. The SMILES string of the molecule is NCCC[C@H](NC(=O)CNC(=O)[C@@H](N)Cc1ccc(O)cc1)C(=O)NCC=O. The number of rotatable bonds is 12. The van der Waals surface area contributed by atoms with E-state index in [1.165, 1.54) is 12.1 Å². The van der Waals surface area contributed by atoms with Crippen LogP contribution in [-0.2, 0) is 25.6 Å². The Bertz CT molecular complexity index is 665. The minimum Gasteiger partial charge on any atom is -0.508 e. The summed E-state index contributed by atoms with van der Waals surface area (Å²) in [5, 5.41) is 16.5. The Morgan fingerprint density at radius 2 is 1.79 bits per heavy atom. The number of aromatic hydroxyl groups is 1. The van der Waals surface area contributed by atoms with Crippen LogP contribution in [0.1, 0.15) is 18.4 Å². The summed E-state index contributed by atoms with van der Waals surface area (Å²) >= 11 is 0. The van der Waals surface area contributed by atoms with Crippen LogP contribution < -0.4 is 27.4 Å². The van der Waals surface area contributed by atoms with E-state index in [1.807, 2.05) is 0 Å². The zero-order valence-corrected chi connectivity index (χ0v) is 15.5. The van der Waals surface area contributed by atoms with Gasteiger partial charge < -0.3 is 37.3 Å². The van der Waals surface area contributed by atoms with Crippen LogP contribution in [0, 0.1) is 0 Å². The van der Waals surface area contributed by atoms with Gasteiger partial charge in [-0.15, -0.1) is 0 Å². The molecule has 1 rings (SSSR count). The lowest BCUT2D eigenvalue weighted by Gasteiger charge is -2.18. The Hall–Kier alpha value is -2.98. The molecule has 1 aromatic rings. The molecule has 28 heavy (non-hydrogen) atoms. The summed E-state index contributed by atoms with van der Waals surface area (Å²) in [6, 6.07) is 4.55. The van der Waals surface area contributed by atoms with Crippen LogP contribution >= 0.6 is 0 Å². The summed E-state index contributed by atoms with van der Waals surface area (Å²) in [5.74, 6) is -1.47. The van der Waals surface area contributed by atoms with Gasteiger partial charge in [0.25, 0.3) is 0 Å². The molecule has 0 aliphatic heterocycles. The second kappa shape index (κ2) is 12.4. The minimum atomic E-state index is -0.874. The van der Waals surface area contributed by atoms with Gasteiger partial charge in [-0.2, -0.15) is 0 Å². The Morgan fingerprint density at radius 3 is 2.39 bits per heavy atom. The number of carbonyl (C=O) groups is 4. The number of amides is 3. The van der Waals surface area contributed by atoms with E-state index in [4.69, 9.17) is 11.5 Å². The summed E-state index contributed by atoms with van der Waals surface area (Å²) in [4.78, 5) is 46.4.